The Hall–Kier alpha value is -1.84. The van der Waals surface area contributed by atoms with Crippen LogP contribution in [0.5, 0.6) is 5.75 Å². The van der Waals surface area contributed by atoms with E-state index in [-0.39, 0.29) is 0 Å². The predicted molar refractivity (Wildman–Crippen MR) is 104 cm³/mol. The lowest BCUT2D eigenvalue weighted by Gasteiger charge is -2.26. The highest BCUT2D eigenvalue weighted by Gasteiger charge is 2.14. The zero-order chi connectivity index (χ0) is 18.2. The van der Waals surface area contributed by atoms with Crippen molar-refractivity contribution in [3.8, 4) is 5.75 Å². The zero-order valence-electron chi connectivity index (χ0n) is 16.0. The van der Waals surface area contributed by atoms with Gasteiger partial charge in [-0.3, -0.25) is 4.90 Å². The molecule has 0 bridgehead atoms. The van der Waals surface area contributed by atoms with Crippen LogP contribution < -0.4 is 4.74 Å². The number of aliphatic hydroxyl groups excluding tert-OH is 1. The SMILES string of the molecule is CCCN(Cc1cc(C)ccc1C)C[C@H](O)COc1ccccc1C. The van der Waals surface area contributed by atoms with Gasteiger partial charge in [-0.05, 0) is 56.5 Å². The minimum atomic E-state index is -0.503. The lowest BCUT2D eigenvalue weighted by Crippen LogP contribution is -2.36. The van der Waals surface area contributed by atoms with Crippen LogP contribution in [-0.2, 0) is 6.54 Å². The number of rotatable bonds is 9. The zero-order valence-corrected chi connectivity index (χ0v) is 16.0. The Labute approximate surface area is 152 Å². The Morgan fingerprint density at radius 1 is 1.04 bits per heavy atom. The molecule has 0 aliphatic heterocycles. The third kappa shape index (κ3) is 6.18. The molecule has 0 aromatic heterocycles. The minimum Gasteiger partial charge on any atom is -0.491 e. The van der Waals surface area contributed by atoms with E-state index in [4.69, 9.17) is 4.74 Å². The standard InChI is InChI=1S/C22H31NO2/c1-5-12-23(14-20-13-17(2)10-11-18(20)3)15-21(24)16-25-22-9-7-6-8-19(22)4/h6-11,13,21,24H,5,12,14-16H2,1-4H3/t21-/m0/s1. The van der Waals surface area contributed by atoms with Crippen LogP contribution in [0.25, 0.3) is 0 Å². The van der Waals surface area contributed by atoms with Crippen molar-refractivity contribution in [1.82, 2.24) is 4.90 Å². The Balaban J connectivity index is 1.93. The molecule has 0 unspecified atom stereocenters. The summed E-state index contributed by atoms with van der Waals surface area (Å²) in [5, 5.41) is 10.4. The van der Waals surface area contributed by atoms with Crippen molar-refractivity contribution in [2.45, 2.75) is 46.8 Å². The Kier molecular flexibility index (Phi) is 7.48. The molecule has 25 heavy (non-hydrogen) atoms. The van der Waals surface area contributed by atoms with E-state index in [1.807, 2.05) is 31.2 Å². The van der Waals surface area contributed by atoms with Crippen LogP contribution in [0.2, 0.25) is 0 Å². The Morgan fingerprint density at radius 2 is 1.80 bits per heavy atom. The van der Waals surface area contributed by atoms with Gasteiger partial charge in [-0.15, -0.1) is 0 Å². The van der Waals surface area contributed by atoms with Gasteiger partial charge in [-0.25, -0.2) is 0 Å². The summed E-state index contributed by atoms with van der Waals surface area (Å²) in [6.45, 7) is 11.2. The molecule has 0 aliphatic carbocycles. The van der Waals surface area contributed by atoms with Crippen molar-refractivity contribution in [2.75, 3.05) is 19.7 Å². The topological polar surface area (TPSA) is 32.7 Å². The molecule has 2 rings (SSSR count). The largest absolute Gasteiger partial charge is 0.491 e. The highest BCUT2D eigenvalue weighted by atomic mass is 16.5. The summed E-state index contributed by atoms with van der Waals surface area (Å²) in [6, 6.07) is 14.5. The summed E-state index contributed by atoms with van der Waals surface area (Å²) in [7, 11) is 0. The predicted octanol–water partition coefficient (Wildman–Crippen LogP) is 4.26. The summed E-state index contributed by atoms with van der Waals surface area (Å²) < 4.78 is 5.79. The number of aliphatic hydroxyl groups is 1. The molecule has 0 fully saturated rings. The van der Waals surface area contributed by atoms with E-state index in [1.54, 1.807) is 0 Å². The second-order valence-electron chi connectivity index (χ2n) is 6.90. The smallest absolute Gasteiger partial charge is 0.122 e. The van der Waals surface area contributed by atoms with Gasteiger partial charge >= 0.3 is 0 Å². The van der Waals surface area contributed by atoms with Crippen LogP contribution in [-0.4, -0.2) is 35.8 Å². The van der Waals surface area contributed by atoms with Gasteiger partial charge in [-0.2, -0.15) is 0 Å². The molecule has 0 aliphatic rings. The fraction of sp³-hybridized carbons (Fsp3) is 0.455. The molecular formula is C22H31NO2. The van der Waals surface area contributed by atoms with Crippen molar-refractivity contribution in [3.05, 3.63) is 64.7 Å². The number of hydrogen-bond acceptors (Lipinski definition) is 3. The number of aryl methyl sites for hydroxylation is 3. The van der Waals surface area contributed by atoms with Gasteiger partial charge in [0, 0.05) is 13.1 Å². The lowest BCUT2D eigenvalue weighted by molar-refractivity contribution is 0.0653. The molecule has 0 saturated carbocycles. The maximum Gasteiger partial charge on any atom is 0.122 e. The molecule has 0 saturated heterocycles. The average Bonchev–Trinajstić information content (AvgIpc) is 2.57. The van der Waals surface area contributed by atoms with E-state index in [9.17, 15) is 5.11 Å². The highest BCUT2D eigenvalue weighted by Crippen LogP contribution is 2.17. The van der Waals surface area contributed by atoms with Crippen LogP contribution in [0.4, 0.5) is 0 Å². The van der Waals surface area contributed by atoms with Gasteiger partial charge in [-0.1, -0.05) is 48.9 Å². The first-order valence-electron chi connectivity index (χ1n) is 9.14. The molecule has 1 N–H and O–H groups in total. The summed E-state index contributed by atoms with van der Waals surface area (Å²) in [5.41, 5.74) is 5.01. The van der Waals surface area contributed by atoms with Crippen LogP contribution in [0.1, 0.15) is 35.6 Å². The Bertz CT molecular complexity index is 669. The molecule has 3 nitrogen and oxygen atoms in total. The summed E-state index contributed by atoms with van der Waals surface area (Å²) in [4.78, 5) is 2.31. The van der Waals surface area contributed by atoms with Crippen LogP contribution in [0.15, 0.2) is 42.5 Å². The molecule has 0 heterocycles. The van der Waals surface area contributed by atoms with Gasteiger partial charge in [0.2, 0.25) is 0 Å². The summed E-state index contributed by atoms with van der Waals surface area (Å²) >= 11 is 0. The highest BCUT2D eigenvalue weighted by molar-refractivity contribution is 5.32. The molecule has 3 heteroatoms. The maximum atomic E-state index is 10.4. The summed E-state index contributed by atoms with van der Waals surface area (Å²) in [6.07, 6.45) is 0.562. The number of hydrogen-bond donors (Lipinski definition) is 1. The molecule has 136 valence electrons. The van der Waals surface area contributed by atoms with Gasteiger partial charge in [0.25, 0.3) is 0 Å². The van der Waals surface area contributed by atoms with Crippen molar-refractivity contribution in [2.24, 2.45) is 0 Å². The quantitative estimate of drug-likeness (QED) is 0.739. The third-order valence-electron chi connectivity index (χ3n) is 4.43. The second kappa shape index (κ2) is 9.59. The Morgan fingerprint density at radius 3 is 2.52 bits per heavy atom. The molecule has 0 spiro atoms. The number of nitrogens with zero attached hydrogens (tertiary/aromatic N) is 1. The normalized spacial score (nSPS) is 12.4. The van der Waals surface area contributed by atoms with Crippen molar-refractivity contribution >= 4 is 0 Å². The van der Waals surface area contributed by atoms with Gasteiger partial charge < -0.3 is 9.84 Å². The van der Waals surface area contributed by atoms with E-state index in [1.165, 1.54) is 16.7 Å². The molecule has 2 aromatic rings. The third-order valence-corrected chi connectivity index (χ3v) is 4.43. The van der Waals surface area contributed by atoms with E-state index in [0.717, 1.165) is 30.8 Å². The van der Waals surface area contributed by atoms with Crippen molar-refractivity contribution in [3.63, 3.8) is 0 Å². The lowest BCUT2D eigenvalue weighted by atomic mass is 10.0. The fourth-order valence-corrected chi connectivity index (χ4v) is 3.02. The second-order valence-corrected chi connectivity index (χ2v) is 6.90. The number of para-hydroxylation sites is 1. The van der Waals surface area contributed by atoms with E-state index in [0.29, 0.717) is 13.2 Å². The average molecular weight is 341 g/mol. The first kappa shape index (κ1) is 19.5. The summed E-state index contributed by atoms with van der Waals surface area (Å²) in [5.74, 6) is 0.845. The molecule has 0 amide bonds. The van der Waals surface area contributed by atoms with E-state index in [2.05, 4.69) is 43.9 Å². The molecule has 2 aromatic carbocycles. The maximum absolute atomic E-state index is 10.4. The first-order chi connectivity index (χ1) is 12.0. The van der Waals surface area contributed by atoms with Gasteiger partial charge in [0.05, 0.1) is 0 Å². The molecular weight excluding hydrogens is 310 g/mol. The monoisotopic (exact) mass is 341 g/mol. The van der Waals surface area contributed by atoms with Gasteiger partial charge in [0.1, 0.15) is 18.5 Å². The van der Waals surface area contributed by atoms with E-state index < -0.39 is 6.10 Å². The number of ether oxygens (including phenoxy) is 1. The van der Waals surface area contributed by atoms with Crippen LogP contribution in [0, 0.1) is 20.8 Å². The molecule has 0 radical (unpaired) electrons. The fourth-order valence-electron chi connectivity index (χ4n) is 3.02. The van der Waals surface area contributed by atoms with Crippen molar-refractivity contribution < 1.29 is 9.84 Å². The molecule has 1 atom stereocenters. The van der Waals surface area contributed by atoms with Gasteiger partial charge in [0.15, 0.2) is 0 Å². The van der Waals surface area contributed by atoms with Crippen LogP contribution >= 0.6 is 0 Å². The van der Waals surface area contributed by atoms with Crippen molar-refractivity contribution in [1.29, 1.82) is 0 Å². The van der Waals surface area contributed by atoms with E-state index >= 15 is 0 Å². The number of benzene rings is 2. The minimum absolute atomic E-state index is 0.317. The first-order valence-corrected chi connectivity index (χ1v) is 9.14. The van der Waals surface area contributed by atoms with Crippen LogP contribution in [0.3, 0.4) is 0 Å².